The van der Waals surface area contributed by atoms with Gasteiger partial charge in [-0.2, -0.15) is 0 Å². The van der Waals surface area contributed by atoms with Crippen LogP contribution in [0.1, 0.15) is 46.0 Å². The molecule has 0 spiro atoms. The molecule has 0 bridgehead atoms. The quantitative estimate of drug-likeness (QED) is 0.602. The predicted octanol–water partition coefficient (Wildman–Crippen LogP) is 2.38. The Balaban J connectivity index is 1.76. The lowest BCUT2D eigenvalue weighted by Gasteiger charge is -2.57. The van der Waals surface area contributed by atoms with Crippen molar-refractivity contribution in [1.82, 2.24) is 0 Å². The van der Waals surface area contributed by atoms with Crippen molar-refractivity contribution in [2.75, 3.05) is 0 Å². The topological polar surface area (TPSA) is 66.5 Å². The summed E-state index contributed by atoms with van der Waals surface area (Å²) in [6.45, 7) is 4.66. The van der Waals surface area contributed by atoms with Crippen molar-refractivity contribution in [1.29, 1.82) is 0 Å². The summed E-state index contributed by atoms with van der Waals surface area (Å²) in [5.41, 5.74) is 7.88. The summed E-state index contributed by atoms with van der Waals surface area (Å²) in [6, 6.07) is 0.285. The first-order valence-electron chi connectivity index (χ1n) is 8.88. The standard InChI is InChI=1S/C19H29NO2/c1-18-7-5-12(21)9-11(18)10-15(22)17-13-3-4-16(20)19(13,2)8-6-14(17)18/h5,7,10,12-17,21-22H,3-4,6,8-9,20H2,1-2H3/t12?,13-,14+,15?,16?,17-,18-,19-/m0/s1. The van der Waals surface area contributed by atoms with E-state index in [1.807, 2.05) is 6.08 Å². The Bertz CT molecular complexity index is 542. The van der Waals surface area contributed by atoms with Crippen molar-refractivity contribution >= 4 is 0 Å². The van der Waals surface area contributed by atoms with Crippen molar-refractivity contribution < 1.29 is 10.2 Å². The fourth-order valence-corrected chi connectivity index (χ4v) is 6.27. The molecule has 2 fully saturated rings. The minimum atomic E-state index is -0.392. The number of aliphatic hydroxyl groups is 2. The molecule has 8 atom stereocenters. The molecule has 4 aliphatic carbocycles. The molecule has 2 saturated carbocycles. The molecule has 0 aromatic carbocycles. The molecule has 0 aromatic rings. The normalized spacial score (nSPS) is 56.9. The number of aliphatic hydroxyl groups excluding tert-OH is 2. The van der Waals surface area contributed by atoms with Crippen molar-refractivity contribution in [3.05, 3.63) is 23.8 Å². The van der Waals surface area contributed by atoms with Crippen LogP contribution in [0.3, 0.4) is 0 Å². The fourth-order valence-electron chi connectivity index (χ4n) is 6.27. The van der Waals surface area contributed by atoms with E-state index in [-0.39, 0.29) is 23.0 Å². The van der Waals surface area contributed by atoms with Crippen LogP contribution in [0.2, 0.25) is 0 Å². The van der Waals surface area contributed by atoms with Crippen LogP contribution >= 0.6 is 0 Å². The van der Waals surface area contributed by atoms with Gasteiger partial charge < -0.3 is 15.9 Å². The highest BCUT2D eigenvalue weighted by molar-refractivity contribution is 5.34. The van der Waals surface area contributed by atoms with Crippen LogP contribution in [0.5, 0.6) is 0 Å². The van der Waals surface area contributed by atoms with Gasteiger partial charge in [-0.25, -0.2) is 0 Å². The Labute approximate surface area is 133 Å². The van der Waals surface area contributed by atoms with Gasteiger partial charge in [-0.1, -0.05) is 37.6 Å². The van der Waals surface area contributed by atoms with Gasteiger partial charge in [0, 0.05) is 11.5 Å². The van der Waals surface area contributed by atoms with Crippen molar-refractivity contribution in [2.24, 2.45) is 34.3 Å². The Hall–Kier alpha value is -0.640. The molecule has 3 unspecified atom stereocenters. The summed E-state index contributed by atoms with van der Waals surface area (Å²) in [6.07, 6.45) is 10.7. The average Bonchev–Trinajstić information content (AvgIpc) is 2.77. The summed E-state index contributed by atoms with van der Waals surface area (Å²) in [7, 11) is 0. The van der Waals surface area contributed by atoms with E-state index in [1.54, 1.807) is 0 Å². The van der Waals surface area contributed by atoms with E-state index in [0.29, 0.717) is 24.2 Å². The molecule has 0 saturated heterocycles. The first-order valence-corrected chi connectivity index (χ1v) is 8.88. The lowest BCUT2D eigenvalue weighted by molar-refractivity contribution is -0.0652. The summed E-state index contributed by atoms with van der Waals surface area (Å²) in [5, 5.41) is 20.8. The maximum Gasteiger partial charge on any atom is 0.0758 e. The zero-order valence-corrected chi connectivity index (χ0v) is 13.7. The summed E-state index contributed by atoms with van der Waals surface area (Å²) in [4.78, 5) is 0. The zero-order chi connectivity index (χ0) is 15.7. The Morgan fingerprint density at radius 3 is 2.68 bits per heavy atom. The molecule has 0 heterocycles. The Morgan fingerprint density at radius 2 is 1.91 bits per heavy atom. The molecule has 3 nitrogen and oxygen atoms in total. The summed E-state index contributed by atoms with van der Waals surface area (Å²) < 4.78 is 0. The predicted molar refractivity (Wildman–Crippen MR) is 87.0 cm³/mol. The molecule has 22 heavy (non-hydrogen) atoms. The molecule has 4 aliphatic rings. The van der Waals surface area contributed by atoms with E-state index in [1.165, 1.54) is 12.0 Å². The van der Waals surface area contributed by atoms with E-state index in [4.69, 9.17) is 5.73 Å². The van der Waals surface area contributed by atoms with Gasteiger partial charge in [-0.15, -0.1) is 0 Å². The average molecular weight is 303 g/mol. The van der Waals surface area contributed by atoms with Crippen LogP contribution in [0.25, 0.3) is 0 Å². The monoisotopic (exact) mass is 303 g/mol. The van der Waals surface area contributed by atoms with Crippen LogP contribution in [0.4, 0.5) is 0 Å². The number of rotatable bonds is 0. The van der Waals surface area contributed by atoms with Crippen LogP contribution in [0, 0.1) is 28.6 Å². The Kier molecular flexibility index (Phi) is 3.18. The first-order chi connectivity index (χ1) is 10.4. The smallest absolute Gasteiger partial charge is 0.0758 e. The molecule has 0 aromatic heterocycles. The maximum absolute atomic E-state index is 10.9. The molecule has 0 radical (unpaired) electrons. The van der Waals surface area contributed by atoms with Crippen LogP contribution < -0.4 is 5.73 Å². The van der Waals surface area contributed by atoms with Gasteiger partial charge in [0.15, 0.2) is 0 Å². The minimum absolute atomic E-state index is 0.0111. The largest absolute Gasteiger partial charge is 0.389 e. The van der Waals surface area contributed by atoms with Crippen LogP contribution in [-0.4, -0.2) is 28.5 Å². The number of allylic oxidation sites excluding steroid dienone is 1. The van der Waals surface area contributed by atoms with Crippen LogP contribution in [-0.2, 0) is 0 Å². The van der Waals surface area contributed by atoms with Crippen LogP contribution in [0.15, 0.2) is 23.8 Å². The van der Waals surface area contributed by atoms with Crippen molar-refractivity contribution in [2.45, 2.75) is 64.2 Å². The molecule has 4 N–H and O–H groups in total. The molecule has 122 valence electrons. The molecule has 0 aliphatic heterocycles. The molecular formula is C19H29NO2. The highest BCUT2D eigenvalue weighted by Crippen LogP contribution is 2.63. The highest BCUT2D eigenvalue weighted by Gasteiger charge is 2.59. The molecule has 3 heteroatoms. The minimum Gasteiger partial charge on any atom is -0.389 e. The van der Waals surface area contributed by atoms with Gasteiger partial charge in [0.05, 0.1) is 12.2 Å². The second-order valence-electron chi connectivity index (χ2n) is 8.61. The van der Waals surface area contributed by atoms with E-state index >= 15 is 0 Å². The molecule has 0 amide bonds. The van der Waals surface area contributed by atoms with Gasteiger partial charge in [0.2, 0.25) is 0 Å². The van der Waals surface area contributed by atoms with Gasteiger partial charge in [0.25, 0.3) is 0 Å². The Morgan fingerprint density at radius 1 is 1.14 bits per heavy atom. The number of fused-ring (bicyclic) bond motifs is 5. The van der Waals surface area contributed by atoms with Gasteiger partial charge in [-0.3, -0.25) is 0 Å². The third kappa shape index (κ3) is 1.79. The second-order valence-corrected chi connectivity index (χ2v) is 8.61. The van der Waals surface area contributed by atoms with Gasteiger partial charge in [-0.05, 0) is 55.3 Å². The third-order valence-corrected chi connectivity index (χ3v) is 7.73. The summed E-state index contributed by atoms with van der Waals surface area (Å²) >= 11 is 0. The van der Waals surface area contributed by atoms with E-state index in [0.717, 1.165) is 19.3 Å². The van der Waals surface area contributed by atoms with E-state index < -0.39 is 6.10 Å². The van der Waals surface area contributed by atoms with Gasteiger partial charge in [0.1, 0.15) is 0 Å². The zero-order valence-electron chi connectivity index (χ0n) is 13.7. The lowest BCUT2D eigenvalue weighted by atomic mass is 9.48. The fraction of sp³-hybridized carbons (Fsp3) is 0.789. The second kappa shape index (κ2) is 4.68. The van der Waals surface area contributed by atoms with Gasteiger partial charge >= 0.3 is 0 Å². The first kappa shape index (κ1) is 14.9. The van der Waals surface area contributed by atoms with E-state index in [2.05, 4.69) is 26.0 Å². The van der Waals surface area contributed by atoms with E-state index in [9.17, 15) is 10.2 Å². The highest BCUT2D eigenvalue weighted by atomic mass is 16.3. The summed E-state index contributed by atoms with van der Waals surface area (Å²) in [5.74, 6) is 1.33. The number of hydrogen-bond donors (Lipinski definition) is 3. The maximum atomic E-state index is 10.9. The number of nitrogens with two attached hydrogens (primary N) is 1. The molecular weight excluding hydrogens is 274 g/mol. The van der Waals surface area contributed by atoms with Crippen molar-refractivity contribution in [3.63, 3.8) is 0 Å². The van der Waals surface area contributed by atoms with Crippen molar-refractivity contribution in [3.8, 4) is 0 Å². The SMILES string of the molecule is C[C@]12C=CC(O)CC1=CC(O)[C@@H]1[C@H]2CC[C@]2(C)C(N)CC[C@@H]12. The third-order valence-electron chi connectivity index (χ3n) is 7.73. The molecule has 4 rings (SSSR count). The number of hydrogen-bond acceptors (Lipinski definition) is 3. The lowest BCUT2D eigenvalue weighted by Crippen LogP contribution is -2.55.